The molecule has 0 N–H and O–H groups in total. The zero-order chi connectivity index (χ0) is 14.2. The van der Waals surface area contributed by atoms with Crippen LogP contribution < -0.4 is 0 Å². The summed E-state index contributed by atoms with van der Waals surface area (Å²) in [4.78, 5) is 0. The average molecular weight is 316 g/mol. The monoisotopic (exact) mass is 315 g/mol. The predicted octanol–water partition coefficient (Wildman–Crippen LogP) is 2.55. The Balaban J connectivity index is 1.76. The summed E-state index contributed by atoms with van der Waals surface area (Å²) >= 11 is 0. The van der Waals surface area contributed by atoms with Crippen molar-refractivity contribution in [3.63, 3.8) is 0 Å². The van der Waals surface area contributed by atoms with Crippen molar-refractivity contribution in [1.29, 1.82) is 0 Å². The largest absolute Gasteiger partial charge is 0.298 e. The highest BCUT2D eigenvalue weighted by Crippen LogP contribution is 2.72. The molecule has 0 radical (unpaired) electrons. The maximum atomic E-state index is 11.6. The third-order valence-electron chi connectivity index (χ3n) is 5.46. The lowest BCUT2D eigenvalue weighted by Gasteiger charge is -2.14. The molecule has 7 heteroatoms. The van der Waals surface area contributed by atoms with E-state index >= 15 is 0 Å². The van der Waals surface area contributed by atoms with Gasteiger partial charge in [0.25, 0.3) is 14.2 Å². The van der Waals surface area contributed by atoms with Crippen LogP contribution in [0.15, 0.2) is 5.16 Å². The van der Waals surface area contributed by atoms with E-state index in [-0.39, 0.29) is 11.2 Å². The number of hydrogen-bond donors (Lipinski definition) is 0. The molecule has 4 unspecified atom stereocenters. The number of hydrogen-bond acceptors (Lipinski definition) is 4. The summed E-state index contributed by atoms with van der Waals surface area (Å²) in [5.74, 6) is 4.31. The summed E-state index contributed by atoms with van der Waals surface area (Å²) < 4.78 is 25.0. The van der Waals surface area contributed by atoms with Crippen molar-refractivity contribution in [3.8, 4) is 0 Å². The normalized spacial score (nSPS) is 38.5. The van der Waals surface area contributed by atoms with E-state index in [1.165, 1.54) is 19.3 Å². The number of aromatic nitrogens is 3. The molecule has 3 aliphatic carbocycles. The molecular formula is C13H18ClN3O2S. The van der Waals surface area contributed by atoms with Gasteiger partial charge < -0.3 is 0 Å². The maximum Gasteiger partial charge on any atom is 0.296 e. The molecule has 0 spiro atoms. The van der Waals surface area contributed by atoms with Gasteiger partial charge in [0, 0.05) is 22.6 Å². The average Bonchev–Trinajstić information content (AvgIpc) is 2.77. The first-order valence-corrected chi connectivity index (χ1v) is 9.60. The van der Waals surface area contributed by atoms with Gasteiger partial charge in [0.15, 0.2) is 0 Å². The van der Waals surface area contributed by atoms with E-state index < -0.39 is 9.05 Å². The molecule has 4 atom stereocenters. The highest BCUT2D eigenvalue weighted by Gasteiger charge is 2.66. The van der Waals surface area contributed by atoms with Crippen LogP contribution >= 0.6 is 10.7 Å². The second kappa shape index (κ2) is 3.97. The van der Waals surface area contributed by atoms with Crippen molar-refractivity contribution in [2.24, 2.45) is 23.7 Å². The summed E-state index contributed by atoms with van der Waals surface area (Å²) in [6.45, 7) is 3.90. The third-order valence-corrected chi connectivity index (χ3v) is 6.59. The van der Waals surface area contributed by atoms with Crippen molar-refractivity contribution in [2.45, 2.75) is 50.2 Å². The van der Waals surface area contributed by atoms with Crippen LogP contribution in [0, 0.1) is 23.7 Å². The van der Waals surface area contributed by atoms with Crippen molar-refractivity contribution >= 4 is 19.7 Å². The molecule has 1 heterocycles. The zero-order valence-electron chi connectivity index (χ0n) is 11.5. The van der Waals surface area contributed by atoms with Gasteiger partial charge in [0.2, 0.25) is 0 Å². The number of rotatable bonds is 3. The fourth-order valence-electron chi connectivity index (χ4n) is 4.84. The lowest BCUT2D eigenvalue weighted by molar-refractivity contribution is 0.456. The van der Waals surface area contributed by atoms with Gasteiger partial charge in [-0.05, 0) is 56.8 Å². The van der Waals surface area contributed by atoms with Crippen LogP contribution in [0.5, 0.6) is 0 Å². The Morgan fingerprint density at radius 3 is 2.30 bits per heavy atom. The topological polar surface area (TPSA) is 64.8 Å². The molecule has 0 amide bonds. The molecule has 4 rings (SSSR count). The molecule has 20 heavy (non-hydrogen) atoms. The van der Waals surface area contributed by atoms with E-state index in [0.717, 1.165) is 17.7 Å². The molecule has 3 aliphatic rings. The van der Waals surface area contributed by atoms with E-state index in [0.29, 0.717) is 17.8 Å². The molecular weight excluding hydrogens is 298 g/mol. The van der Waals surface area contributed by atoms with E-state index in [9.17, 15) is 8.42 Å². The first-order valence-electron chi connectivity index (χ1n) is 7.29. The van der Waals surface area contributed by atoms with Crippen molar-refractivity contribution in [1.82, 2.24) is 14.8 Å². The fraction of sp³-hybridized carbons (Fsp3) is 0.846. The SMILES string of the molecule is CC(C)n1c(C2C3C4CCC(C4)C23)nnc1S(=O)(=O)Cl. The third kappa shape index (κ3) is 1.64. The van der Waals surface area contributed by atoms with Crippen LogP contribution in [-0.2, 0) is 9.05 Å². The van der Waals surface area contributed by atoms with Gasteiger partial charge in [0.05, 0.1) is 0 Å². The van der Waals surface area contributed by atoms with Crippen molar-refractivity contribution in [3.05, 3.63) is 5.82 Å². The number of halogens is 1. The molecule has 1 aromatic rings. The summed E-state index contributed by atoms with van der Waals surface area (Å²) in [5.41, 5.74) is 0. The first-order chi connectivity index (χ1) is 9.39. The van der Waals surface area contributed by atoms with Crippen LogP contribution in [0.4, 0.5) is 0 Å². The lowest BCUT2D eigenvalue weighted by atomic mass is 10.0. The van der Waals surface area contributed by atoms with Crippen molar-refractivity contribution in [2.75, 3.05) is 0 Å². The van der Waals surface area contributed by atoms with Gasteiger partial charge >= 0.3 is 0 Å². The number of nitrogens with zero attached hydrogens (tertiary/aromatic N) is 3. The molecule has 0 aromatic carbocycles. The van der Waals surface area contributed by atoms with Gasteiger partial charge in [-0.15, -0.1) is 10.2 Å². The standard InChI is InChI=1S/C13H18ClN3O2S/c1-6(2)17-12(15-16-13(17)20(14,18)19)11-9-7-3-4-8(5-7)10(9)11/h6-11H,3-5H2,1-2H3. The van der Waals surface area contributed by atoms with Crippen LogP contribution in [-0.4, -0.2) is 23.2 Å². The second-order valence-corrected chi connectivity index (χ2v) is 9.22. The molecule has 3 fully saturated rings. The molecule has 5 nitrogen and oxygen atoms in total. The zero-order valence-corrected chi connectivity index (χ0v) is 13.1. The lowest BCUT2D eigenvalue weighted by Crippen LogP contribution is -2.13. The Morgan fingerprint density at radius 2 is 1.80 bits per heavy atom. The quantitative estimate of drug-likeness (QED) is 0.804. The van der Waals surface area contributed by atoms with Crippen LogP contribution in [0.1, 0.15) is 50.9 Å². The van der Waals surface area contributed by atoms with E-state index in [1.54, 1.807) is 4.57 Å². The summed E-state index contributed by atoms with van der Waals surface area (Å²) in [5, 5.41) is 7.96. The smallest absolute Gasteiger partial charge is 0.296 e. The minimum atomic E-state index is -3.84. The first kappa shape index (κ1) is 13.1. The van der Waals surface area contributed by atoms with E-state index in [4.69, 9.17) is 10.7 Å². The van der Waals surface area contributed by atoms with Gasteiger partial charge in [-0.25, -0.2) is 8.42 Å². The fourth-order valence-corrected chi connectivity index (χ4v) is 5.83. The van der Waals surface area contributed by atoms with E-state index in [2.05, 4.69) is 10.2 Å². The Labute approximate surface area is 123 Å². The van der Waals surface area contributed by atoms with Crippen molar-refractivity contribution < 1.29 is 8.42 Å². The molecule has 1 aromatic heterocycles. The van der Waals surface area contributed by atoms with Gasteiger partial charge in [0.1, 0.15) is 5.82 Å². The Hall–Kier alpha value is -0.620. The molecule has 110 valence electrons. The molecule has 2 bridgehead atoms. The van der Waals surface area contributed by atoms with Gasteiger partial charge in [-0.3, -0.25) is 4.57 Å². The van der Waals surface area contributed by atoms with Crippen LogP contribution in [0.3, 0.4) is 0 Å². The minimum Gasteiger partial charge on any atom is -0.298 e. The molecule has 0 aliphatic heterocycles. The second-order valence-electron chi connectivity index (χ2n) is 6.76. The summed E-state index contributed by atoms with van der Waals surface area (Å²) in [6.07, 6.45) is 4.03. The van der Waals surface area contributed by atoms with Crippen LogP contribution in [0.2, 0.25) is 0 Å². The molecule has 0 saturated heterocycles. The molecule has 3 saturated carbocycles. The van der Waals surface area contributed by atoms with E-state index in [1.807, 2.05) is 13.8 Å². The van der Waals surface area contributed by atoms with Gasteiger partial charge in [-0.1, -0.05) is 0 Å². The highest BCUT2D eigenvalue weighted by atomic mass is 35.7. The Morgan fingerprint density at radius 1 is 1.20 bits per heavy atom. The summed E-state index contributed by atoms with van der Waals surface area (Å²) in [7, 11) is 1.65. The van der Waals surface area contributed by atoms with Gasteiger partial charge in [-0.2, -0.15) is 0 Å². The van der Waals surface area contributed by atoms with Crippen LogP contribution in [0.25, 0.3) is 0 Å². The Bertz CT molecular complexity index is 653. The minimum absolute atomic E-state index is 0.00232. The predicted molar refractivity (Wildman–Crippen MR) is 74.0 cm³/mol. The Kier molecular flexibility index (Phi) is 2.60. The number of fused-ring (bicyclic) bond motifs is 5. The maximum absolute atomic E-state index is 11.6. The summed E-state index contributed by atoms with van der Waals surface area (Å²) in [6, 6.07) is 0.00232. The highest BCUT2D eigenvalue weighted by molar-refractivity contribution is 8.13.